The Kier molecular flexibility index (Phi) is 3.67. The lowest BCUT2D eigenvalue weighted by Gasteiger charge is -2.27. The number of benzene rings is 2. The van der Waals surface area contributed by atoms with Gasteiger partial charge in [0.25, 0.3) is 0 Å². The molecule has 1 unspecified atom stereocenters. The third kappa shape index (κ3) is 3.18. The normalized spacial score (nSPS) is 14.2. The van der Waals surface area contributed by atoms with Gasteiger partial charge in [0.1, 0.15) is 11.6 Å². The van der Waals surface area contributed by atoms with E-state index < -0.39 is 5.54 Å². The summed E-state index contributed by atoms with van der Waals surface area (Å²) in [7, 11) is 0. The minimum Gasteiger partial charge on any atom is -0.321 e. The largest absolute Gasteiger partial charge is 0.321 e. The maximum Gasteiger partial charge on any atom is 0.123 e. The molecule has 0 aliphatic heterocycles. The van der Waals surface area contributed by atoms with Gasteiger partial charge in [0.2, 0.25) is 0 Å². The second kappa shape index (κ2) is 5.10. The van der Waals surface area contributed by atoms with Gasteiger partial charge in [0.15, 0.2) is 0 Å². The van der Waals surface area contributed by atoms with E-state index in [4.69, 9.17) is 5.73 Å². The van der Waals surface area contributed by atoms with E-state index in [1.165, 1.54) is 24.3 Å². The summed E-state index contributed by atoms with van der Waals surface area (Å²) < 4.78 is 26.2. The summed E-state index contributed by atoms with van der Waals surface area (Å²) in [5.41, 5.74) is 8.28. The highest BCUT2D eigenvalue weighted by Crippen LogP contribution is 2.26. The van der Waals surface area contributed by atoms with Crippen LogP contribution in [0.3, 0.4) is 0 Å². The maximum atomic E-state index is 13.4. The predicted octanol–water partition coefficient (Wildman–Crippen LogP) is 3.69. The van der Waals surface area contributed by atoms with Gasteiger partial charge in [-0.25, -0.2) is 8.78 Å². The molecule has 1 atom stereocenters. The molecule has 2 rings (SSSR count). The standard InChI is InChI=1S/C16H17F2N/c1-11-3-6-14(18)9-15(11)16(2,19)10-12-4-7-13(17)8-5-12/h3-9H,10,19H2,1-2H3. The van der Waals surface area contributed by atoms with Crippen LogP contribution in [0.25, 0.3) is 0 Å². The number of hydrogen-bond acceptors (Lipinski definition) is 1. The quantitative estimate of drug-likeness (QED) is 0.896. The van der Waals surface area contributed by atoms with Crippen molar-refractivity contribution in [2.45, 2.75) is 25.8 Å². The first-order valence-corrected chi connectivity index (χ1v) is 6.18. The Labute approximate surface area is 112 Å². The third-order valence-corrected chi connectivity index (χ3v) is 3.30. The molecule has 3 heteroatoms. The molecule has 0 fully saturated rings. The molecule has 2 N–H and O–H groups in total. The Balaban J connectivity index is 2.31. The van der Waals surface area contributed by atoms with Crippen LogP contribution in [0.5, 0.6) is 0 Å². The van der Waals surface area contributed by atoms with Crippen molar-refractivity contribution in [2.75, 3.05) is 0 Å². The summed E-state index contributed by atoms with van der Waals surface area (Å²) in [6, 6.07) is 10.8. The Hall–Kier alpha value is -1.74. The summed E-state index contributed by atoms with van der Waals surface area (Å²) in [4.78, 5) is 0. The van der Waals surface area contributed by atoms with Crippen molar-refractivity contribution in [1.29, 1.82) is 0 Å². The lowest BCUT2D eigenvalue weighted by atomic mass is 9.84. The van der Waals surface area contributed by atoms with Gasteiger partial charge in [-0.3, -0.25) is 0 Å². The molecule has 0 spiro atoms. The maximum absolute atomic E-state index is 13.4. The van der Waals surface area contributed by atoms with Crippen molar-refractivity contribution in [3.8, 4) is 0 Å². The lowest BCUT2D eigenvalue weighted by molar-refractivity contribution is 0.483. The molecule has 100 valence electrons. The van der Waals surface area contributed by atoms with Crippen molar-refractivity contribution < 1.29 is 8.78 Å². The Morgan fingerprint density at radius 2 is 1.58 bits per heavy atom. The zero-order valence-electron chi connectivity index (χ0n) is 11.1. The number of aryl methyl sites for hydroxylation is 1. The number of hydrogen-bond donors (Lipinski definition) is 1. The Morgan fingerprint density at radius 3 is 2.21 bits per heavy atom. The van der Waals surface area contributed by atoms with Crippen LogP contribution in [0.15, 0.2) is 42.5 Å². The highest BCUT2D eigenvalue weighted by Gasteiger charge is 2.24. The summed E-state index contributed by atoms with van der Waals surface area (Å²) in [5, 5.41) is 0. The van der Waals surface area contributed by atoms with Crippen molar-refractivity contribution in [2.24, 2.45) is 5.73 Å². The van der Waals surface area contributed by atoms with Gasteiger partial charge in [-0.2, -0.15) is 0 Å². The van der Waals surface area contributed by atoms with E-state index in [2.05, 4.69) is 0 Å². The van der Waals surface area contributed by atoms with Crippen LogP contribution in [0, 0.1) is 18.6 Å². The summed E-state index contributed by atoms with van der Waals surface area (Å²) >= 11 is 0. The molecule has 0 aromatic heterocycles. The molecule has 0 bridgehead atoms. The van der Waals surface area contributed by atoms with Crippen LogP contribution in [0.2, 0.25) is 0 Å². The molecule has 0 aliphatic carbocycles. The van der Waals surface area contributed by atoms with Gasteiger partial charge >= 0.3 is 0 Å². The van der Waals surface area contributed by atoms with E-state index >= 15 is 0 Å². The topological polar surface area (TPSA) is 26.0 Å². The van der Waals surface area contributed by atoms with Crippen molar-refractivity contribution in [3.63, 3.8) is 0 Å². The third-order valence-electron chi connectivity index (χ3n) is 3.30. The SMILES string of the molecule is Cc1ccc(F)cc1C(C)(N)Cc1ccc(F)cc1. The zero-order valence-corrected chi connectivity index (χ0v) is 11.1. The van der Waals surface area contributed by atoms with E-state index in [0.29, 0.717) is 6.42 Å². The van der Waals surface area contributed by atoms with Crippen molar-refractivity contribution >= 4 is 0 Å². The second-order valence-electron chi connectivity index (χ2n) is 5.18. The molecule has 0 saturated heterocycles. The van der Waals surface area contributed by atoms with Gasteiger partial charge in [-0.05, 0) is 61.2 Å². The average molecular weight is 261 g/mol. The lowest BCUT2D eigenvalue weighted by Crippen LogP contribution is -2.36. The van der Waals surface area contributed by atoms with E-state index in [9.17, 15) is 8.78 Å². The first-order valence-electron chi connectivity index (χ1n) is 6.18. The molecule has 0 radical (unpaired) electrons. The molecule has 2 aromatic rings. The number of nitrogens with two attached hydrogens (primary N) is 1. The molecular formula is C16H17F2N. The monoisotopic (exact) mass is 261 g/mol. The van der Waals surface area contributed by atoms with Crippen LogP contribution < -0.4 is 5.73 Å². The Morgan fingerprint density at radius 1 is 1.00 bits per heavy atom. The molecule has 1 nitrogen and oxygen atoms in total. The van der Waals surface area contributed by atoms with Gasteiger partial charge in [-0.15, -0.1) is 0 Å². The molecule has 0 heterocycles. The highest BCUT2D eigenvalue weighted by atomic mass is 19.1. The summed E-state index contributed by atoms with van der Waals surface area (Å²) in [5.74, 6) is -0.569. The van der Waals surface area contributed by atoms with E-state index in [-0.39, 0.29) is 11.6 Å². The van der Waals surface area contributed by atoms with Crippen LogP contribution >= 0.6 is 0 Å². The number of halogens is 2. The molecule has 0 amide bonds. The highest BCUT2D eigenvalue weighted by molar-refractivity contribution is 5.34. The van der Waals surface area contributed by atoms with E-state index in [0.717, 1.165) is 16.7 Å². The first-order chi connectivity index (χ1) is 8.88. The van der Waals surface area contributed by atoms with Gasteiger partial charge in [-0.1, -0.05) is 18.2 Å². The molecular weight excluding hydrogens is 244 g/mol. The van der Waals surface area contributed by atoms with Crippen LogP contribution in [0.1, 0.15) is 23.6 Å². The minimum absolute atomic E-state index is 0.274. The van der Waals surface area contributed by atoms with Crippen LogP contribution in [-0.2, 0) is 12.0 Å². The van der Waals surface area contributed by atoms with Crippen LogP contribution in [-0.4, -0.2) is 0 Å². The van der Waals surface area contributed by atoms with Gasteiger partial charge in [0.05, 0.1) is 0 Å². The zero-order chi connectivity index (χ0) is 14.0. The molecule has 0 aliphatic rings. The minimum atomic E-state index is -0.690. The number of rotatable bonds is 3. The smallest absolute Gasteiger partial charge is 0.123 e. The Bertz CT molecular complexity index is 574. The predicted molar refractivity (Wildman–Crippen MR) is 72.8 cm³/mol. The van der Waals surface area contributed by atoms with Gasteiger partial charge in [0, 0.05) is 5.54 Å². The van der Waals surface area contributed by atoms with E-state index in [1.807, 2.05) is 13.8 Å². The van der Waals surface area contributed by atoms with E-state index in [1.54, 1.807) is 18.2 Å². The first kappa shape index (κ1) is 13.7. The molecule has 2 aromatic carbocycles. The second-order valence-corrected chi connectivity index (χ2v) is 5.18. The van der Waals surface area contributed by atoms with Gasteiger partial charge < -0.3 is 5.73 Å². The average Bonchev–Trinajstić information content (AvgIpc) is 2.35. The van der Waals surface area contributed by atoms with Crippen molar-refractivity contribution in [3.05, 3.63) is 70.8 Å². The fourth-order valence-electron chi connectivity index (χ4n) is 2.33. The molecule has 0 saturated carbocycles. The summed E-state index contributed by atoms with van der Waals surface area (Å²) in [6.07, 6.45) is 0.525. The van der Waals surface area contributed by atoms with Crippen molar-refractivity contribution in [1.82, 2.24) is 0 Å². The molecule has 19 heavy (non-hydrogen) atoms. The fraction of sp³-hybridized carbons (Fsp3) is 0.250. The van der Waals surface area contributed by atoms with Crippen LogP contribution in [0.4, 0.5) is 8.78 Å². The fourth-order valence-corrected chi connectivity index (χ4v) is 2.33. The summed E-state index contributed by atoms with van der Waals surface area (Å²) in [6.45, 7) is 3.77.